The van der Waals surface area contributed by atoms with Gasteiger partial charge in [0.05, 0.1) is 0 Å². The smallest absolute Gasteiger partial charge is 0.298 e. The number of pyridine rings is 1. The van der Waals surface area contributed by atoms with E-state index < -0.39 is 0 Å². The summed E-state index contributed by atoms with van der Waals surface area (Å²) in [6.45, 7) is 0.418. The van der Waals surface area contributed by atoms with E-state index in [0.29, 0.717) is 12.2 Å². The summed E-state index contributed by atoms with van der Waals surface area (Å²) in [5.74, 6) is 0.543. The topological polar surface area (TPSA) is 39.2 Å². The fourth-order valence-corrected chi connectivity index (χ4v) is 1.38. The van der Waals surface area contributed by atoms with Crippen LogP contribution >= 0.6 is 0 Å². The fourth-order valence-electron chi connectivity index (χ4n) is 1.38. The van der Waals surface area contributed by atoms with Gasteiger partial charge in [0.2, 0.25) is 0 Å². The van der Waals surface area contributed by atoms with E-state index in [4.69, 9.17) is 4.74 Å². The van der Waals surface area contributed by atoms with E-state index in [2.05, 4.69) is 4.98 Å². The van der Waals surface area contributed by atoms with Crippen LogP contribution in [0.1, 0.15) is 11.1 Å². The quantitative estimate of drug-likeness (QED) is 0.751. The number of carbonyl (C=O) groups excluding carboxylic acids is 1. The first kappa shape index (κ1) is 11.1. The van der Waals surface area contributed by atoms with Gasteiger partial charge in [0, 0.05) is 12.4 Å². The molecule has 0 bridgehead atoms. The summed E-state index contributed by atoms with van der Waals surface area (Å²) in [6, 6.07) is 11.1. The summed E-state index contributed by atoms with van der Waals surface area (Å²) in [6.07, 6.45) is 7.48. The molecule has 0 saturated carbocycles. The number of nitrogens with zero attached hydrogens (tertiary/aromatic N) is 1. The minimum absolute atomic E-state index is 0.418. The van der Waals surface area contributed by atoms with Gasteiger partial charge in [0.15, 0.2) is 0 Å². The van der Waals surface area contributed by atoms with Gasteiger partial charge in [-0.2, -0.15) is 0 Å². The maximum absolute atomic E-state index is 10.1. The Bertz CT molecular complexity index is 504. The first-order valence-electron chi connectivity index (χ1n) is 5.17. The molecular weight excluding hydrogens is 214 g/mol. The molecule has 3 heteroatoms. The molecule has 0 aliphatic carbocycles. The second-order valence-corrected chi connectivity index (χ2v) is 3.40. The van der Waals surface area contributed by atoms with Crippen LogP contribution in [0.25, 0.3) is 12.2 Å². The van der Waals surface area contributed by atoms with Gasteiger partial charge >= 0.3 is 0 Å². The maximum Gasteiger partial charge on any atom is 0.298 e. The molecule has 0 amide bonds. The Kier molecular flexibility index (Phi) is 3.65. The molecule has 0 atom stereocenters. The second kappa shape index (κ2) is 5.61. The van der Waals surface area contributed by atoms with E-state index in [0.717, 1.165) is 11.1 Å². The summed E-state index contributed by atoms with van der Waals surface area (Å²) >= 11 is 0. The van der Waals surface area contributed by atoms with Crippen LogP contribution in [0, 0.1) is 0 Å². The van der Waals surface area contributed by atoms with Gasteiger partial charge in [0.1, 0.15) is 5.75 Å². The minimum atomic E-state index is 0.418. The number of hydrogen-bond donors (Lipinski definition) is 0. The third-order valence-electron chi connectivity index (χ3n) is 2.24. The molecule has 0 saturated heterocycles. The lowest BCUT2D eigenvalue weighted by atomic mass is 10.1. The van der Waals surface area contributed by atoms with E-state index in [1.165, 1.54) is 0 Å². The van der Waals surface area contributed by atoms with Crippen molar-refractivity contribution in [2.75, 3.05) is 0 Å². The summed E-state index contributed by atoms with van der Waals surface area (Å²) in [5, 5.41) is 0. The normalized spacial score (nSPS) is 10.4. The predicted molar refractivity (Wildman–Crippen MR) is 66.3 cm³/mol. The van der Waals surface area contributed by atoms with Crippen LogP contribution in [0.2, 0.25) is 0 Å². The Hall–Kier alpha value is -2.42. The molecule has 0 unspecified atom stereocenters. The number of ether oxygens (including phenoxy) is 1. The third-order valence-corrected chi connectivity index (χ3v) is 2.24. The van der Waals surface area contributed by atoms with E-state index in [1.54, 1.807) is 24.5 Å². The van der Waals surface area contributed by atoms with Crippen molar-refractivity contribution in [1.29, 1.82) is 0 Å². The molecule has 2 aromatic rings. The van der Waals surface area contributed by atoms with Crippen LogP contribution in [0.4, 0.5) is 0 Å². The molecule has 0 N–H and O–H groups in total. The van der Waals surface area contributed by atoms with Gasteiger partial charge in [-0.1, -0.05) is 24.3 Å². The standard InChI is InChI=1S/C14H11NO2/c16-11-17-14-5-3-12(4-6-14)1-2-13-7-9-15-10-8-13/h1-11H. The van der Waals surface area contributed by atoms with Crippen LogP contribution in [0.5, 0.6) is 5.75 Å². The molecule has 3 nitrogen and oxygen atoms in total. The molecule has 1 aromatic carbocycles. The van der Waals surface area contributed by atoms with E-state index in [9.17, 15) is 4.79 Å². The van der Waals surface area contributed by atoms with Crippen LogP contribution in [0.15, 0.2) is 48.8 Å². The molecule has 1 heterocycles. The van der Waals surface area contributed by atoms with Gasteiger partial charge in [-0.25, -0.2) is 0 Å². The zero-order valence-electron chi connectivity index (χ0n) is 9.11. The van der Waals surface area contributed by atoms with Gasteiger partial charge in [-0.05, 0) is 35.4 Å². The molecular formula is C14H11NO2. The number of hydrogen-bond acceptors (Lipinski definition) is 3. The number of benzene rings is 1. The second-order valence-electron chi connectivity index (χ2n) is 3.40. The van der Waals surface area contributed by atoms with Crippen molar-refractivity contribution in [3.8, 4) is 5.75 Å². The van der Waals surface area contributed by atoms with Gasteiger partial charge < -0.3 is 4.74 Å². The van der Waals surface area contributed by atoms with Gasteiger partial charge in [-0.3, -0.25) is 9.78 Å². The van der Waals surface area contributed by atoms with Crippen molar-refractivity contribution in [3.05, 3.63) is 59.9 Å². The molecule has 84 valence electrons. The molecule has 17 heavy (non-hydrogen) atoms. The zero-order valence-corrected chi connectivity index (χ0v) is 9.11. The summed E-state index contributed by atoms with van der Waals surface area (Å²) in [4.78, 5) is 14.1. The maximum atomic E-state index is 10.1. The monoisotopic (exact) mass is 225 g/mol. The zero-order chi connectivity index (χ0) is 11.9. The highest BCUT2D eigenvalue weighted by Crippen LogP contribution is 2.13. The van der Waals surface area contributed by atoms with Crippen LogP contribution < -0.4 is 4.74 Å². The lowest BCUT2D eigenvalue weighted by Crippen LogP contribution is -1.87. The molecule has 0 radical (unpaired) electrons. The van der Waals surface area contributed by atoms with E-state index in [-0.39, 0.29) is 0 Å². The minimum Gasteiger partial charge on any atom is -0.429 e. The molecule has 0 aliphatic heterocycles. The number of aromatic nitrogens is 1. The summed E-state index contributed by atoms with van der Waals surface area (Å²) in [7, 11) is 0. The highest BCUT2D eigenvalue weighted by Gasteiger charge is 1.91. The Morgan fingerprint density at radius 2 is 1.47 bits per heavy atom. The predicted octanol–water partition coefficient (Wildman–Crippen LogP) is 2.79. The highest BCUT2D eigenvalue weighted by atomic mass is 16.5. The van der Waals surface area contributed by atoms with E-state index >= 15 is 0 Å². The van der Waals surface area contributed by atoms with Gasteiger partial charge in [0.25, 0.3) is 6.47 Å². The lowest BCUT2D eigenvalue weighted by molar-refractivity contribution is -0.120. The Morgan fingerprint density at radius 1 is 0.882 bits per heavy atom. The van der Waals surface area contributed by atoms with Crippen LogP contribution in [0.3, 0.4) is 0 Å². The molecule has 2 rings (SSSR count). The van der Waals surface area contributed by atoms with E-state index in [1.807, 2.05) is 36.4 Å². The third kappa shape index (κ3) is 3.28. The highest BCUT2D eigenvalue weighted by molar-refractivity contribution is 5.69. The lowest BCUT2D eigenvalue weighted by Gasteiger charge is -1.98. The molecule has 1 aromatic heterocycles. The number of carbonyl (C=O) groups is 1. The van der Waals surface area contributed by atoms with Crippen molar-refractivity contribution in [3.63, 3.8) is 0 Å². The van der Waals surface area contributed by atoms with Crippen molar-refractivity contribution in [2.24, 2.45) is 0 Å². The van der Waals surface area contributed by atoms with Crippen molar-refractivity contribution in [2.45, 2.75) is 0 Å². The van der Waals surface area contributed by atoms with Crippen LogP contribution in [-0.4, -0.2) is 11.5 Å². The largest absolute Gasteiger partial charge is 0.429 e. The Morgan fingerprint density at radius 3 is 2.06 bits per heavy atom. The van der Waals surface area contributed by atoms with Crippen molar-refractivity contribution >= 4 is 18.6 Å². The average molecular weight is 225 g/mol. The fraction of sp³-hybridized carbons (Fsp3) is 0. The number of rotatable bonds is 4. The molecule has 0 aliphatic rings. The molecule has 0 spiro atoms. The average Bonchev–Trinajstić information content (AvgIpc) is 2.40. The summed E-state index contributed by atoms with van der Waals surface area (Å²) in [5.41, 5.74) is 2.13. The Balaban J connectivity index is 2.08. The van der Waals surface area contributed by atoms with Crippen molar-refractivity contribution in [1.82, 2.24) is 4.98 Å². The Labute approximate surface area is 99.4 Å². The van der Waals surface area contributed by atoms with Crippen LogP contribution in [-0.2, 0) is 4.79 Å². The van der Waals surface area contributed by atoms with Gasteiger partial charge in [-0.15, -0.1) is 0 Å². The summed E-state index contributed by atoms with van der Waals surface area (Å²) < 4.78 is 4.71. The first-order chi connectivity index (χ1) is 8.38. The SMILES string of the molecule is O=COc1ccc(C=Cc2ccncc2)cc1. The first-order valence-corrected chi connectivity index (χ1v) is 5.17. The van der Waals surface area contributed by atoms with Crippen molar-refractivity contribution < 1.29 is 9.53 Å². The molecule has 0 fully saturated rings.